The molecule has 1 heterocycles. The summed E-state index contributed by atoms with van der Waals surface area (Å²) in [6, 6.07) is 15.7. The van der Waals surface area contributed by atoms with Crippen molar-refractivity contribution in [3.63, 3.8) is 0 Å². The molecule has 0 spiro atoms. The van der Waals surface area contributed by atoms with E-state index in [-0.39, 0.29) is 0 Å². The first kappa shape index (κ1) is 12.7. The number of para-hydroxylation sites is 1. The molecule has 0 aromatic heterocycles. The Kier molecular flexibility index (Phi) is 2.87. The first-order chi connectivity index (χ1) is 10.3. The molecule has 1 aliphatic heterocycles. The van der Waals surface area contributed by atoms with Gasteiger partial charge in [-0.2, -0.15) is 0 Å². The molecule has 1 unspecified atom stereocenters. The van der Waals surface area contributed by atoms with Crippen LogP contribution >= 0.6 is 7.37 Å². The monoisotopic (exact) mass is 294 g/mol. The minimum atomic E-state index is -3.04. The van der Waals surface area contributed by atoms with Gasteiger partial charge in [0.1, 0.15) is 5.75 Å². The SMILES string of the molecule is O=P1(C2=CCCC=C2)Oc2ccccc2-c2ccccc21. The van der Waals surface area contributed by atoms with E-state index >= 15 is 0 Å². The lowest BCUT2D eigenvalue weighted by Gasteiger charge is -2.29. The van der Waals surface area contributed by atoms with Crippen molar-refractivity contribution in [2.45, 2.75) is 12.8 Å². The average Bonchev–Trinajstić information content (AvgIpc) is 2.56. The molecule has 2 aromatic rings. The van der Waals surface area contributed by atoms with Crippen molar-refractivity contribution in [3.05, 3.63) is 72.1 Å². The molecule has 0 fully saturated rings. The zero-order chi connectivity index (χ0) is 14.3. The van der Waals surface area contributed by atoms with Gasteiger partial charge in [-0.3, -0.25) is 4.57 Å². The molecule has 1 aliphatic carbocycles. The van der Waals surface area contributed by atoms with Crippen LogP contribution in [0.15, 0.2) is 72.1 Å². The Morgan fingerprint density at radius 3 is 2.48 bits per heavy atom. The van der Waals surface area contributed by atoms with Crippen LogP contribution in [0.3, 0.4) is 0 Å². The second kappa shape index (κ2) is 4.75. The molecule has 3 heteroatoms. The van der Waals surface area contributed by atoms with Crippen molar-refractivity contribution in [1.29, 1.82) is 0 Å². The van der Waals surface area contributed by atoms with Crippen molar-refractivity contribution in [2.24, 2.45) is 0 Å². The number of benzene rings is 2. The Hall–Kier alpha value is -2.05. The molecular formula is C18H15O2P. The van der Waals surface area contributed by atoms with Crippen LogP contribution in [0.2, 0.25) is 0 Å². The molecule has 0 saturated carbocycles. The van der Waals surface area contributed by atoms with E-state index in [4.69, 9.17) is 4.52 Å². The lowest BCUT2D eigenvalue weighted by molar-refractivity contribution is 0.498. The fourth-order valence-electron chi connectivity index (χ4n) is 2.92. The molecule has 1 atom stereocenters. The molecular weight excluding hydrogens is 279 g/mol. The summed E-state index contributed by atoms with van der Waals surface area (Å²) < 4.78 is 19.7. The van der Waals surface area contributed by atoms with Crippen molar-refractivity contribution in [3.8, 4) is 16.9 Å². The van der Waals surface area contributed by atoms with Crippen molar-refractivity contribution < 1.29 is 9.09 Å². The van der Waals surface area contributed by atoms with Gasteiger partial charge in [0.05, 0.1) is 5.30 Å². The maximum atomic E-state index is 13.6. The topological polar surface area (TPSA) is 26.3 Å². The van der Waals surface area contributed by atoms with Crippen LogP contribution < -0.4 is 9.83 Å². The summed E-state index contributed by atoms with van der Waals surface area (Å²) in [5.41, 5.74) is 2.03. The Balaban J connectivity index is 1.98. The van der Waals surface area contributed by atoms with Crippen LogP contribution in [0.4, 0.5) is 0 Å². The Bertz CT molecular complexity index is 817. The Morgan fingerprint density at radius 2 is 1.67 bits per heavy atom. The van der Waals surface area contributed by atoms with Gasteiger partial charge in [-0.05, 0) is 30.5 Å². The molecule has 104 valence electrons. The van der Waals surface area contributed by atoms with Gasteiger partial charge in [-0.15, -0.1) is 0 Å². The molecule has 0 amide bonds. The van der Waals surface area contributed by atoms with Crippen LogP contribution in [0.5, 0.6) is 5.75 Å². The van der Waals surface area contributed by atoms with Crippen LogP contribution in [-0.2, 0) is 4.57 Å². The number of rotatable bonds is 1. The molecule has 0 bridgehead atoms. The zero-order valence-electron chi connectivity index (χ0n) is 11.5. The summed E-state index contributed by atoms with van der Waals surface area (Å²) in [5, 5.41) is 1.62. The molecule has 4 rings (SSSR count). The summed E-state index contributed by atoms with van der Waals surface area (Å²) in [7, 11) is -3.04. The van der Waals surface area contributed by atoms with Gasteiger partial charge in [0.2, 0.25) is 0 Å². The van der Waals surface area contributed by atoms with Crippen molar-refractivity contribution >= 4 is 12.7 Å². The third kappa shape index (κ3) is 1.91. The maximum absolute atomic E-state index is 13.6. The van der Waals surface area contributed by atoms with E-state index in [1.807, 2.05) is 60.7 Å². The van der Waals surface area contributed by atoms with Crippen molar-refractivity contribution in [1.82, 2.24) is 0 Å². The highest BCUT2D eigenvalue weighted by Gasteiger charge is 2.38. The summed E-state index contributed by atoms with van der Waals surface area (Å²) in [4.78, 5) is 0. The predicted octanol–water partition coefficient (Wildman–Crippen LogP) is 4.88. The largest absolute Gasteiger partial charge is 0.436 e. The third-order valence-corrected chi connectivity index (χ3v) is 6.43. The molecule has 0 radical (unpaired) electrons. The summed E-state index contributed by atoms with van der Waals surface area (Å²) in [5.74, 6) is 0.708. The first-order valence-electron chi connectivity index (χ1n) is 7.15. The molecule has 0 N–H and O–H groups in total. The smallest absolute Gasteiger partial charge is 0.307 e. The maximum Gasteiger partial charge on any atom is 0.307 e. The normalized spacial score (nSPS) is 22.8. The lowest BCUT2D eigenvalue weighted by Crippen LogP contribution is -2.18. The van der Waals surface area contributed by atoms with E-state index in [2.05, 4.69) is 6.08 Å². The van der Waals surface area contributed by atoms with E-state index in [0.717, 1.165) is 34.6 Å². The van der Waals surface area contributed by atoms with Gasteiger partial charge >= 0.3 is 7.37 Å². The van der Waals surface area contributed by atoms with Gasteiger partial charge in [0.15, 0.2) is 0 Å². The fraction of sp³-hybridized carbons (Fsp3) is 0.111. The zero-order valence-corrected chi connectivity index (χ0v) is 12.4. The van der Waals surface area contributed by atoms with Gasteiger partial charge in [0, 0.05) is 10.9 Å². The summed E-state index contributed by atoms with van der Waals surface area (Å²) in [6.45, 7) is 0. The van der Waals surface area contributed by atoms with Crippen LogP contribution in [0, 0.1) is 0 Å². The number of hydrogen-bond acceptors (Lipinski definition) is 2. The first-order valence-corrected chi connectivity index (χ1v) is 8.77. The highest BCUT2D eigenvalue weighted by Crippen LogP contribution is 2.60. The summed E-state index contributed by atoms with van der Waals surface area (Å²) >= 11 is 0. The number of fused-ring (bicyclic) bond motifs is 3. The quantitative estimate of drug-likeness (QED) is 0.700. The third-order valence-electron chi connectivity index (χ3n) is 3.94. The molecule has 2 nitrogen and oxygen atoms in total. The van der Waals surface area contributed by atoms with E-state index in [1.54, 1.807) is 0 Å². The van der Waals surface area contributed by atoms with Crippen LogP contribution in [0.1, 0.15) is 12.8 Å². The highest BCUT2D eigenvalue weighted by atomic mass is 31.2. The minimum absolute atomic E-state index is 0.708. The second-order valence-electron chi connectivity index (χ2n) is 5.26. The van der Waals surface area contributed by atoms with Gasteiger partial charge in [-0.25, -0.2) is 0 Å². The number of allylic oxidation sites excluding steroid dienone is 4. The second-order valence-corrected chi connectivity index (χ2v) is 7.55. The van der Waals surface area contributed by atoms with Crippen LogP contribution in [-0.4, -0.2) is 0 Å². The van der Waals surface area contributed by atoms with E-state index in [9.17, 15) is 4.57 Å². The van der Waals surface area contributed by atoms with Gasteiger partial charge in [-0.1, -0.05) is 54.6 Å². The lowest BCUT2D eigenvalue weighted by atomic mass is 10.0. The van der Waals surface area contributed by atoms with E-state index in [0.29, 0.717) is 5.75 Å². The van der Waals surface area contributed by atoms with Crippen molar-refractivity contribution in [2.75, 3.05) is 0 Å². The van der Waals surface area contributed by atoms with Crippen LogP contribution in [0.25, 0.3) is 11.1 Å². The summed E-state index contributed by atoms with van der Waals surface area (Å²) in [6.07, 6.45) is 7.99. The number of hydrogen-bond donors (Lipinski definition) is 0. The molecule has 2 aliphatic rings. The molecule has 21 heavy (non-hydrogen) atoms. The van der Waals surface area contributed by atoms with E-state index in [1.165, 1.54) is 0 Å². The fourth-order valence-corrected chi connectivity index (χ4v) is 5.31. The minimum Gasteiger partial charge on any atom is -0.436 e. The van der Waals surface area contributed by atoms with E-state index < -0.39 is 7.37 Å². The molecule has 2 aromatic carbocycles. The Labute approximate surface area is 124 Å². The molecule has 0 saturated heterocycles. The van der Waals surface area contributed by atoms with Gasteiger partial charge < -0.3 is 4.52 Å². The predicted molar refractivity (Wildman–Crippen MR) is 86.2 cm³/mol. The van der Waals surface area contributed by atoms with Gasteiger partial charge in [0.25, 0.3) is 0 Å². The standard InChI is InChI=1S/C18H15O2P/c19-21(14-8-2-1-3-9-14)18-13-7-5-11-16(18)15-10-4-6-12-17(15)20-21/h2,4-13H,1,3H2. The Morgan fingerprint density at radius 1 is 0.905 bits per heavy atom. The average molecular weight is 294 g/mol. The highest BCUT2D eigenvalue weighted by molar-refractivity contribution is 7.72.